The largest absolute Gasteiger partial charge is 0.493 e. The Morgan fingerprint density at radius 2 is 1.55 bits per heavy atom. The van der Waals surface area contributed by atoms with E-state index in [0.29, 0.717) is 51.0 Å². The van der Waals surface area contributed by atoms with E-state index in [2.05, 4.69) is 0 Å². The summed E-state index contributed by atoms with van der Waals surface area (Å²) in [6.45, 7) is 1.74. The normalized spacial score (nSPS) is 13.3. The second-order valence-electron chi connectivity index (χ2n) is 7.22. The van der Waals surface area contributed by atoms with Gasteiger partial charge in [0, 0.05) is 5.56 Å². The molecule has 4 rings (SSSR count). The van der Waals surface area contributed by atoms with Crippen LogP contribution in [0.15, 0.2) is 60.4 Å². The molecule has 3 aromatic rings. The number of benzene rings is 3. The first-order valence-electron chi connectivity index (χ1n) is 10.1. The van der Waals surface area contributed by atoms with Crippen LogP contribution in [-0.2, 0) is 0 Å². The molecule has 0 fully saturated rings. The third-order valence-corrected chi connectivity index (χ3v) is 5.23. The van der Waals surface area contributed by atoms with Crippen LogP contribution in [0.3, 0.4) is 0 Å². The highest BCUT2D eigenvalue weighted by Crippen LogP contribution is 2.42. The quantitative estimate of drug-likeness (QED) is 0.304. The van der Waals surface area contributed by atoms with Gasteiger partial charge < -0.3 is 23.7 Å². The van der Waals surface area contributed by atoms with Gasteiger partial charge in [-0.15, -0.1) is 0 Å². The molecule has 0 atom stereocenters. The van der Waals surface area contributed by atoms with Gasteiger partial charge in [0.25, 0.3) is 0 Å². The number of methoxy groups -OCH3 is 3. The summed E-state index contributed by atoms with van der Waals surface area (Å²) in [7, 11) is 4.55. The van der Waals surface area contributed by atoms with Gasteiger partial charge in [0.2, 0.25) is 11.5 Å². The summed E-state index contributed by atoms with van der Waals surface area (Å²) in [4.78, 5) is 25.4. The summed E-state index contributed by atoms with van der Waals surface area (Å²) >= 11 is 0. The fourth-order valence-corrected chi connectivity index (χ4v) is 3.55. The maximum absolute atomic E-state index is 13.0. The number of hydrogen-bond donors (Lipinski definition) is 0. The predicted octanol–water partition coefficient (Wildman–Crippen LogP) is 4.86. The van der Waals surface area contributed by atoms with Crippen LogP contribution in [0.4, 0.5) is 0 Å². The number of Topliss-reactive ketones (excluding diaryl/α,β-unsaturated/α-hetero) is 1. The summed E-state index contributed by atoms with van der Waals surface area (Å²) in [6, 6.07) is 15.3. The second kappa shape index (κ2) is 9.08. The van der Waals surface area contributed by atoms with Crippen LogP contribution in [0, 0.1) is 6.92 Å². The molecule has 0 N–H and O–H groups in total. The summed E-state index contributed by atoms with van der Waals surface area (Å²) in [5, 5.41) is 0. The van der Waals surface area contributed by atoms with E-state index in [9.17, 15) is 9.59 Å². The van der Waals surface area contributed by atoms with E-state index < -0.39 is 5.97 Å². The summed E-state index contributed by atoms with van der Waals surface area (Å²) < 4.78 is 27.5. The molecule has 1 aliphatic heterocycles. The Kier molecular flexibility index (Phi) is 6.04. The lowest BCUT2D eigenvalue weighted by Gasteiger charge is -2.13. The topological polar surface area (TPSA) is 80.3 Å². The minimum Gasteiger partial charge on any atom is -0.493 e. The Bertz CT molecular complexity index is 1230. The standard InChI is InChI=1S/C26H22O7/c1-15-19(33-26(28)17-8-6-5-7-9-17)11-10-18-23(27)20(32-24(15)18)12-16-13-21(29-2)25(31-4)22(14-16)30-3/h5-14H,1-4H3/b20-12-. The highest BCUT2D eigenvalue weighted by molar-refractivity contribution is 6.15. The average Bonchev–Trinajstić information content (AvgIpc) is 3.16. The smallest absolute Gasteiger partial charge is 0.343 e. The van der Waals surface area contributed by atoms with Gasteiger partial charge in [-0.3, -0.25) is 4.79 Å². The Morgan fingerprint density at radius 3 is 2.15 bits per heavy atom. The number of hydrogen-bond acceptors (Lipinski definition) is 7. The van der Waals surface area contributed by atoms with Crippen LogP contribution in [-0.4, -0.2) is 33.1 Å². The van der Waals surface area contributed by atoms with Gasteiger partial charge in [-0.05, 0) is 55.0 Å². The highest BCUT2D eigenvalue weighted by Gasteiger charge is 2.31. The number of ketones is 1. The van der Waals surface area contributed by atoms with E-state index in [-0.39, 0.29) is 11.5 Å². The van der Waals surface area contributed by atoms with Crippen LogP contribution in [0.5, 0.6) is 28.7 Å². The van der Waals surface area contributed by atoms with Crippen LogP contribution >= 0.6 is 0 Å². The lowest BCUT2D eigenvalue weighted by atomic mass is 10.1. The fraction of sp³-hybridized carbons (Fsp3) is 0.154. The summed E-state index contributed by atoms with van der Waals surface area (Å²) in [5.41, 5.74) is 2.01. The minimum atomic E-state index is -0.490. The van der Waals surface area contributed by atoms with Crippen LogP contribution in [0.25, 0.3) is 6.08 Å². The van der Waals surface area contributed by atoms with Crippen molar-refractivity contribution in [2.75, 3.05) is 21.3 Å². The summed E-state index contributed by atoms with van der Waals surface area (Å²) in [5.74, 6) is 1.41. The zero-order valence-electron chi connectivity index (χ0n) is 18.6. The maximum Gasteiger partial charge on any atom is 0.343 e. The van der Waals surface area contributed by atoms with Crippen molar-refractivity contribution < 1.29 is 33.3 Å². The lowest BCUT2D eigenvalue weighted by Crippen LogP contribution is -2.09. The number of ether oxygens (including phenoxy) is 5. The van der Waals surface area contributed by atoms with Crippen molar-refractivity contribution in [3.05, 3.63) is 82.6 Å². The van der Waals surface area contributed by atoms with Gasteiger partial charge in [-0.1, -0.05) is 18.2 Å². The van der Waals surface area contributed by atoms with Gasteiger partial charge in [0.15, 0.2) is 17.3 Å². The van der Waals surface area contributed by atoms with Crippen molar-refractivity contribution >= 4 is 17.8 Å². The van der Waals surface area contributed by atoms with Crippen LogP contribution < -0.4 is 23.7 Å². The zero-order valence-corrected chi connectivity index (χ0v) is 18.6. The number of carbonyl (C=O) groups is 2. The second-order valence-corrected chi connectivity index (χ2v) is 7.22. The zero-order chi connectivity index (χ0) is 23.5. The predicted molar refractivity (Wildman–Crippen MR) is 122 cm³/mol. The Hall–Kier alpha value is -4.26. The third-order valence-electron chi connectivity index (χ3n) is 5.23. The molecule has 0 aliphatic carbocycles. The van der Waals surface area contributed by atoms with Crippen LogP contribution in [0.1, 0.15) is 31.8 Å². The van der Waals surface area contributed by atoms with Gasteiger partial charge >= 0.3 is 5.97 Å². The van der Waals surface area contributed by atoms with E-state index in [1.807, 2.05) is 6.07 Å². The SMILES string of the molecule is COc1cc(/C=C2\Oc3c(ccc(OC(=O)c4ccccc4)c3C)C2=O)cc(OC)c1OC. The first-order chi connectivity index (χ1) is 16.0. The molecular weight excluding hydrogens is 424 g/mol. The molecule has 0 radical (unpaired) electrons. The molecule has 0 unspecified atom stereocenters. The molecule has 3 aromatic carbocycles. The molecule has 7 nitrogen and oxygen atoms in total. The van der Waals surface area contributed by atoms with E-state index in [1.165, 1.54) is 21.3 Å². The average molecular weight is 446 g/mol. The number of rotatable bonds is 6. The van der Waals surface area contributed by atoms with E-state index in [1.54, 1.807) is 61.5 Å². The molecule has 0 bridgehead atoms. The molecule has 1 aliphatic rings. The lowest BCUT2D eigenvalue weighted by molar-refractivity contribution is 0.0733. The molecule has 168 valence electrons. The van der Waals surface area contributed by atoms with Crippen molar-refractivity contribution in [3.8, 4) is 28.7 Å². The van der Waals surface area contributed by atoms with Crippen molar-refractivity contribution in [1.29, 1.82) is 0 Å². The number of carbonyl (C=O) groups excluding carboxylic acids is 2. The number of fused-ring (bicyclic) bond motifs is 1. The Morgan fingerprint density at radius 1 is 0.879 bits per heavy atom. The molecule has 0 spiro atoms. The van der Waals surface area contributed by atoms with Gasteiger partial charge in [-0.25, -0.2) is 4.79 Å². The van der Waals surface area contributed by atoms with E-state index >= 15 is 0 Å². The highest BCUT2D eigenvalue weighted by atomic mass is 16.5. The molecule has 0 aromatic heterocycles. The molecule has 1 heterocycles. The van der Waals surface area contributed by atoms with Gasteiger partial charge in [0.05, 0.1) is 32.5 Å². The van der Waals surface area contributed by atoms with Crippen molar-refractivity contribution in [1.82, 2.24) is 0 Å². The summed E-state index contributed by atoms with van der Waals surface area (Å²) in [6.07, 6.45) is 1.60. The molecular formula is C26H22O7. The van der Waals surface area contributed by atoms with Crippen molar-refractivity contribution in [2.24, 2.45) is 0 Å². The monoisotopic (exact) mass is 446 g/mol. The minimum absolute atomic E-state index is 0.133. The van der Waals surface area contributed by atoms with Crippen molar-refractivity contribution in [2.45, 2.75) is 6.92 Å². The Labute approximate surface area is 191 Å². The molecule has 0 saturated carbocycles. The molecule has 7 heteroatoms. The molecule has 33 heavy (non-hydrogen) atoms. The van der Waals surface area contributed by atoms with E-state index in [4.69, 9.17) is 23.7 Å². The fourth-order valence-electron chi connectivity index (χ4n) is 3.55. The van der Waals surface area contributed by atoms with Crippen molar-refractivity contribution in [3.63, 3.8) is 0 Å². The Balaban J connectivity index is 1.64. The third kappa shape index (κ3) is 4.13. The number of esters is 1. The molecule has 0 saturated heterocycles. The maximum atomic E-state index is 13.0. The molecule has 0 amide bonds. The van der Waals surface area contributed by atoms with Gasteiger partial charge in [0.1, 0.15) is 11.5 Å². The van der Waals surface area contributed by atoms with E-state index in [0.717, 1.165) is 0 Å². The first-order valence-corrected chi connectivity index (χ1v) is 10.1. The van der Waals surface area contributed by atoms with Gasteiger partial charge in [-0.2, -0.15) is 0 Å². The van der Waals surface area contributed by atoms with Crippen LogP contribution in [0.2, 0.25) is 0 Å². The number of allylic oxidation sites excluding steroid dienone is 1. The first kappa shape index (κ1) is 22.0.